The lowest BCUT2D eigenvalue weighted by molar-refractivity contribution is -0.133. The number of hydrogen-bond acceptors (Lipinski definition) is 6. The molecule has 2 heterocycles. The number of rotatable bonds is 7. The van der Waals surface area contributed by atoms with E-state index in [-0.39, 0.29) is 17.2 Å². The third-order valence-corrected chi connectivity index (χ3v) is 6.42. The first kappa shape index (κ1) is 25.0. The van der Waals surface area contributed by atoms with Gasteiger partial charge in [-0.15, -0.1) is 0 Å². The van der Waals surface area contributed by atoms with Gasteiger partial charge in [0.1, 0.15) is 17.9 Å². The van der Waals surface area contributed by atoms with Gasteiger partial charge in [-0.3, -0.25) is 19.3 Å². The fraction of sp³-hybridized carbons (Fsp3) is 0.360. The van der Waals surface area contributed by atoms with Crippen molar-refractivity contribution in [3.05, 3.63) is 53.3 Å². The number of methoxy groups -OCH3 is 2. The number of urea groups is 1. The van der Waals surface area contributed by atoms with E-state index in [0.29, 0.717) is 30.2 Å². The Bertz CT molecular complexity index is 1210. The normalized spacial score (nSPS) is 19.3. The zero-order valence-electron chi connectivity index (χ0n) is 20.2. The summed E-state index contributed by atoms with van der Waals surface area (Å²) in [4.78, 5) is 54.3. The Labute approximate surface area is 207 Å². The van der Waals surface area contributed by atoms with Crippen LogP contribution in [0.25, 0.3) is 0 Å². The van der Waals surface area contributed by atoms with Gasteiger partial charge in [-0.1, -0.05) is 12.1 Å². The largest absolute Gasteiger partial charge is 0.493 e. The first-order valence-corrected chi connectivity index (χ1v) is 11.4. The third kappa shape index (κ3) is 4.56. The van der Waals surface area contributed by atoms with Gasteiger partial charge in [0.15, 0.2) is 11.5 Å². The lowest BCUT2D eigenvalue weighted by Gasteiger charge is -2.22. The maximum Gasteiger partial charge on any atom is 0.325 e. The lowest BCUT2D eigenvalue weighted by atomic mass is 9.92. The Balaban J connectivity index is 1.56. The second-order valence-electron chi connectivity index (χ2n) is 8.75. The predicted molar refractivity (Wildman–Crippen MR) is 127 cm³/mol. The highest BCUT2D eigenvalue weighted by molar-refractivity contribution is 6.11. The van der Waals surface area contributed by atoms with Gasteiger partial charge in [0.25, 0.3) is 11.8 Å². The van der Waals surface area contributed by atoms with Crippen LogP contribution in [0.1, 0.15) is 35.7 Å². The molecule has 1 atom stereocenters. The molecule has 2 aliphatic heterocycles. The molecule has 0 bridgehead atoms. The van der Waals surface area contributed by atoms with E-state index in [4.69, 9.17) is 9.47 Å². The number of ether oxygens (including phenoxy) is 2. The number of likely N-dealkylation sites (tertiary alicyclic amines) is 1. The molecule has 4 rings (SSSR count). The predicted octanol–water partition coefficient (Wildman–Crippen LogP) is 2.48. The van der Waals surface area contributed by atoms with Crippen molar-refractivity contribution < 1.29 is 33.0 Å². The topological polar surface area (TPSA) is 117 Å². The van der Waals surface area contributed by atoms with Gasteiger partial charge in [0.05, 0.1) is 25.5 Å². The molecule has 11 heteroatoms. The molecule has 2 aromatic rings. The van der Waals surface area contributed by atoms with Gasteiger partial charge in [-0.2, -0.15) is 0 Å². The Morgan fingerprint density at radius 3 is 2.28 bits per heavy atom. The molecule has 2 aliphatic rings. The van der Waals surface area contributed by atoms with Crippen LogP contribution in [0.4, 0.5) is 14.9 Å². The van der Waals surface area contributed by atoms with Crippen LogP contribution in [0.15, 0.2) is 36.4 Å². The molecule has 0 aliphatic carbocycles. The van der Waals surface area contributed by atoms with E-state index in [9.17, 15) is 23.6 Å². The number of carbonyl (C=O) groups is 4. The molecule has 1 unspecified atom stereocenters. The van der Waals surface area contributed by atoms with Crippen molar-refractivity contribution in [1.82, 2.24) is 15.1 Å². The second-order valence-corrected chi connectivity index (χ2v) is 8.75. The molecule has 5 amide bonds. The second kappa shape index (κ2) is 9.84. The van der Waals surface area contributed by atoms with Crippen LogP contribution < -0.4 is 20.1 Å². The number of hydrogen-bond donors (Lipinski definition) is 2. The smallest absolute Gasteiger partial charge is 0.325 e. The highest BCUT2D eigenvalue weighted by Gasteiger charge is 2.49. The highest BCUT2D eigenvalue weighted by atomic mass is 19.1. The first-order valence-electron chi connectivity index (χ1n) is 11.4. The quantitative estimate of drug-likeness (QED) is 0.567. The first-order chi connectivity index (χ1) is 17.2. The number of nitrogens with zero attached hydrogens (tertiary/aromatic N) is 2. The molecule has 2 fully saturated rings. The van der Waals surface area contributed by atoms with Crippen LogP contribution in [0.5, 0.6) is 11.5 Å². The molecular formula is C25H27FN4O6. The summed E-state index contributed by atoms with van der Waals surface area (Å²) in [5, 5.41) is 5.21. The van der Waals surface area contributed by atoms with Gasteiger partial charge in [-0.05, 0) is 43.5 Å². The molecule has 2 N–H and O–H groups in total. The van der Waals surface area contributed by atoms with E-state index in [0.717, 1.165) is 17.7 Å². The van der Waals surface area contributed by atoms with Crippen molar-refractivity contribution in [3.63, 3.8) is 0 Å². The number of carbonyl (C=O) groups excluding carboxylic acids is 4. The Morgan fingerprint density at radius 1 is 1.06 bits per heavy atom. The minimum absolute atomic E-state index is 0.169. The van der Waals surface area contributed by atoms with Crippen LogP contribution in [-0.4, -0.2) is 67.4 Å². The molecule has 0 aromatic heterocycles. The third-order valence-electron chi connectivity index (χ3n) is 6.42. The highest BCUT2D eigenvalue weighted by Crippen LogP contribution is 2.35. The van der Waals surface area contributed by atoms with Gasteiger partial charge < -0.3 is 25.0 Å². The van der Waals surface area contributed by atoms with E-state index in [1.165, 1.54) is 57.5 Å². The fourth-order valence-corrected chi connectivity index (χ4v) is 4.40. The van der Waals surface area contributed by atoms with Crippen molar-refractivity contribution in [2.75, 3.05) is 39.2 Å². The van der Waals surface area contributed by atoms with Crippen LogP contribution in [0, 0.1) is 5.82 Å². The number of anilines is 1. The number of imide groups is 1. The van der Waals surface area contributed by atoms with Crippen molar-refractivity contribution in [2.45, 2.75) is 25.3 Å². The van der Waals surface area contributed by atoms with Crippen LogP contribution in [-0.2, 0) is 15.1 Å². The molecule has 0 radical (unpaired) electrons. The number of benzene rings is 2. The fourth-order valence-electron chi connectivity index (χ4n) is 4.40. The average molecular weight is 499 g/mol. The zero-order valence-corrected chi connectivity index (χ0v) is 20.2. The number of nitrogens with one attached hydrogen (secondary N) is 2. The summed E-state index contributed by atoms with van der Waals surface area (Å²) in [6.45, 7) is 2.10. The average Bonchev–Trinajstić information content (AvgIpc) is 3.47. The van der Waals surface area contributed by atoms with Crippen molar-refractivity contribution in [3.8, 4) is 11.5 Å². The summed E-state index contributed by atoms with van der Waals surface area (Å²) in [5.41, 5.74) is -0.701. The Kier molecular flexibility index (Phi) is 6.82. The summed E-state index contributed by atoms with van der Waals surface area (Å²) in [6, 6.07) is 7.37. The summed E-state index contributed by atoms with van der Waals surface area (Å²) >= 11 is 0. The minimum Gasteiger partial charge on any atom is -0.493 e. The van der Waals surface area contributed by atoms with Crippen LogP contribution in [0.3, 0.4) is 0 Å². The molecule has 36 heavy (non-hydrogen) atoms. The van der Waals surface area contributed by atoms with E-state index in [2.05, 4.69) is 10.6 Å². The summed E-state index contributed by atoms with van der Waals surface area (Å²) < 4.78 is 24.0. The van der Waals surface area contributed by atoms with Crippen molar-refractivity contribution in [2.24, 2.45) is 0 Å². The molecule has 2 saturated heterocycles. The molecule has 190 valence electrons. The van der Waals surface area contributed by atoms with Crippen molar-refractivity contribution in [1.29, 1.82) is 0 Å². The SMILES string of the molecule is COc1cc(NC(=O)CN2C(=O)NC(C)(c3ccc(F)cc3)C2=O)c(C(=O)N2CCCC2)cc1OC. The van der Waals surface area contributed by atoms with Crippen LogP contribution in [0.2, 0.25) is 0 Å². The maximum atomic E-state index is 13.3. The number of amides is 5. The van der Waals surface area contributed by atoms with Gasteiger partial charge in [-0.25, -0.2) is 9.18 Å². The lowest BCUT2D eigenvalue weighted by Crippen LogP contribution is -2.42. The molecule has 0 spiro atoms. The van der Waals surface area contributed by atoms with E-state index >= 15 is 0 Å². The molecule has 2 aromatic carbocycles. The Hall–Kier alpha value is -4.15. The van der Waals surface area contributed by atoms with E-state index in [1.54, 1.807) is 4.90 Å². The van der Waals surface area contributed by atoms with E-state index < -0.39 is 35.7 Å². The molecule has 0 saturated carbocycles. The monoisotopic (exact) mass is 498 g/mol. The summed E-state index contributed by atoms with van der Waals surface area (Å²) in [5.74, 6) is -1.49. The van der Waals surface area contributed by atoms with Gasteiger partial charge in [0, 0.05) is 19.2 Å². The van der Waals surface area contributed by atoms with Crippen molar-refractivity contribution >= 4 is 29.4 Å². The zero-order chi connectivity index (χ0) is 26.0. The minimum atomic E-state index is -1.45. The maximum absolute atomic E-state index is 13.3. The standard InChI is InChI=1S/C25H27FN4O6/c1-25(15-6-8-16(26)9-7-15)23(33)30(24(34)28-25)14-21(31)27-18-13-20(36-3)19(35-2)12-17(18)22(32)29-10-4-5-11-29/h6-9,12-13H,4-5,10-11,14H2,1-3H3,(H,27,31)(H,28,34). The Morgan fingerprint density at radius 2 is 1.67 bits per heavy atom. The number of halogens is 1. The molecular weight excluding hydrogens is 471 g/mol. The summed E-state index contributed by atoms with van der Waals surface area (Å²) in [6.07, 6.45) is 1.78. The van der Waals surface area contributed by atoms with Gasteiger partial charge >= 0.3 is 6.03 Å². The van der Waals surface area contributed by atoms with E-state index in [1.807, 2.05) is 0 Å². The molecule has 10 nitrogen and oxygen atoms in total. The summed E-state index contributed by atoms with van der Waals surface area (Å²) in [7, 11) is 2.87. The van der Waals surface area contributed by atoms with Crippen LogP contribution >= 0.6 is 0 Å². The van der Waals surface area contributed by atoms with Gasteiger partial charge in [0.2, 0.25) is 5.91 Å².